The van der Waals surface area contributed by atoms with Crippen molar-refractivity contribution in [2.75, 3.05) is 7.11 Å². The van der Waals surface area contributed by atoms with Gasteiger partial charge in [0.05, 0.1) is 18.3 Å². The van der Waals surface area contributed by atoms with Crippen molar-refractivity contribution in [3.8, 4) is 0 Å². The van der Waals surface area contributed by atoms with Gasteiger partial charge in [-0.1, -0.05) is 27.2 Å². The third-order valence-corrected chi connectivity index (χ3v) is 4.74. The third kappa shape index (κ3) is 1.95. The highest BCUT2D eigenvalue weighted by Gasteiger charge is 2.55. The fourth-order valence-electron chi connectivity index (χ4n) is 3.47. The quantitative estimate of drug-likeness (QED) is 0.831. The lowest BCUT2D eigenvalue weighted by atomic mass is 9.63. The summed E-state index contributed by atoms with van der Waals surface area (Å²) in [7, 11) is 1.76. The molecular weight excluding hydrogens is 228 g/mol. The minimum Gasteiger partial charge on any atom is -0.381 e. The summed E-state index contributed by atoms with van der Waals surface area (Å²) in [6.07, 6.45) is 3.35. The Labute approximate surface area is 110 Å². The second kappa shape index (κ2) is 4.82. The smallest absolute Gasteiger partial charge is 0.241 e. The molecule has 0 aromatic heterocycles. The van der Waals surface area contributed by atoms with Gasteiger partial charge >= 0.3 is 0 Å². The fraction of sp³-hybridized carbons (Fsp3) is 0.929. The van der Waals surface area contributed by atoms with Crippen LogP contribution in [-0.2, 0) is 9.53 Å². The Balaban J connectivity index is 2.08. The molecule has 4 unspecified atom stereocenters. The maximum Gasteiger partial charge on any atom is 0.241 e. The highest BCUT2D eigenvalue weighted by molar-refractivity contribution is 5.84. The van der Waals surface area contributed by atoms with Crippen LogP contribution < -0.4 is 5.32 Å². The molecule has 1 amide bonds. The van der Waals surface area contributed by atoms with E-state index in [0.717, 1.165) is 19.3 Å². The van der Waals surface area contributed by atoms with Crippen molar-refractivity contribution in [2.24, 2.45) is 5.41 Å². The van der Waals surface area contributed by atoms with Crippen molar-refractivity contribution in [3.05, 3.63) is 0 Å². The molecule has 1 aliphatic heterocycles. The van der Waals surface area contributed by atoms with Crippen LogP contribution in [0.15, 0.2) is 0 Å². The molecule has 4 nitrogen and oxygen atoms in total. The normalized spacial score (nSPS) is 38.9. The number of nitrogens with zero attached hydrogens (tertiary/aromatic N) is 1. The van der Waals surface area contributed by atoms with E-state index in [1.165, 1.54) is 0 Å². The molecule has 0 spiro atoms. The van der Waals surface area contributed by atoms with E-state index in [1.807, 2.05) is 0 Å². The van der Waals surface area contributed by atoms with Gasteiger partial charge in [0.25, 0.3) is 0 Å². The van der Waals surface area contributed by atoms with Crippen LogP contribution in [0.2, 0.25) is 0 Å². The van der Waals surface area contributed by atoms with Crippen molar-refractivity contribution in [2.45, 2.75) is 71.3 Å². The van der Waals surface area contributed by atoms with Gasteiger partial charge in [-0.3, -0.25) is 10.1 Å². The van der Waals surface area contributed by atoms with Gasteiger partial charge in [-0.25, -0.2) is 0 Å². The largest absolute Gasteiger partial charge is 0.381 e. The number of carbonyl (C=O) groups is 1. The van der Waals surface area contributed by atoms with Crippen molar-refractivity contribution < 1.29 is 9.53 Å². The van der Waals surface area contributed by atoms with Crippen molar-refractivity contribution in [1.29, 1.82) is 0 Å². The molecule has 1 saturated carbocycles. The van der Waals surface area contributed by atoms with E-state index in [1.54, 1.807) is 7.11 Å². The summed E-state index contributed by atoms with van der Waals surface area (Å²) in [5.41, 5.74) is 0.0570. The number of hydrogen-bond donors (Lipinski definition) is 1. The van der Waals surface area contributed by atoms with Gasteiger partial charge in [0.15, 0.2) is 0 Å². The Morgan fingerprint density at radius 1 is 1.50 bits per heavy atom. The number of rotatable bonds is 4. The fourth-order valence-corrected chi connectivity index (χ4v) is 3.47. The second-order valence-corrected chi connectivity index (χ2v) is 6.23. The topological polar surface area (TPSA) is 41.6 Å². The van der Waals surface area contributed by atoms with Crippen LogP contribution >= 0.6 is 0 Å². The maximum atomic E-state index is 12.4. The van der Waals surface area contributed by atoms with E-state index in [0.29, 0.717) is 6.04 Å². The Hall–Kier alpha value is -0.610. The van der Waals surface area contributed by atoms with Crippen LogP contribution in [0.5, 0.6) is 0 Å². The average Bonchev–Trinajstić information content (AvgIpc) is 2.56. The molecule has 2 rings (SSSR count). The Bertz CT molecular complexity index is 330. The first kappa shape index (κ1) is 13.8. The summed E-state index contributed by atoms with van der Waals surface area (Å²) >= 11 is 0. The summed E-state index contributed by atoms with van der Waals surface area (Å²) in [6, 6.07) is 0.321. The molecule has 2 aliphatic rings. The first-order valence-electron chi connectivity index (χ1n) is 7.04. The van der Waals surface area contributed by atoms with Crippen LogP contribution in [-0.4, -0.2) is 42.3 Å². The zero-order valence-electron chi connectivity index (χ0n) is 12.2. The third-order valence-electron chi connectivity index (χ3n) is 4.74. The Kier molecular flexibility index (Phi) is 3.70. The summed E-state index contributed by atoms with van der Waals surface area (Å²) < 4.78 is 5.48. The predicted octanol–water partition coefficient (Wildman–Crippen LogP) is 1.75. The van der Waals surface area contributed by atoms with Crippen molar-refractivity contribution in [3.63, 3.8) is 0 Å². The molecule has 0 radical (unpaired) electrons. The van der Waals surface area contributed by atoms with Gasteiger partial charge in [-0.15, -0.1) is 0 Å². The molecule has 18 heavy (non-hydrogen) atoms. The van der Waals surface area contributed by atoms with Gasteiger partial charge in [0, 0.05) is 18.6 Å². The van der Waals surface area contributed by atoms with E-state index in [9.17, 15) is 4.79 Å². The predicted molar refractivity (Wildman–Crippen MR) is 71.1 cm³/mol. The number of ether oxygens (including phenoxy) is 1. The molecule has 0 aromatic rings. The van der Waals surface area contributed by atoms with E-state index in [4.69, 9.17) is 4.74 Å². The van der Waals surface area contributed by atoms with Crippen LogP contribution in [0.4, 0.5) is 0 Å². The zero-order chi connectivity index (χ0) is 13.5. The molecule has 1 saturated heterocycles. The number of carbonyl (C=O) groups excluding carboxylic acids is 1. The van der Waals surface area contributed by atoms with Gasteiger partial charge in [-0.2, -0.15) is 0 Å². The van der Waals surface area contributed by atoms with E-state index in [-0.39, 0.29) is 29.6 Å². The number of hydrogen-bond acceptors (Lipinski definition) is 3. The molecule has 0 aromatic carbocycles. The van der Waals surface area contributed by atoms with Gasteiger partial charge in [0.1, 0.15) is 0 Å². The monoisotopic (exact) mass is 254 g/mol. The average molecular weight is 254 g/mol. The van der Waals surface area contributed by atoms with E-state index < -0.39 is 0 Å². The molecule has 0 bridgehead atoms. The van der Waals surface area contributed by atoms with Crippen LogP contribution in [0, 0.1) is 5.41 Å². The van der Waals surface area contributed by atoms with E-state index >= 15 is 0 Å². The lowest BCUT2D eigenvalue weighted by Gasteiger charge is -2.55. The SMILES string of the molecule is CCCC1NC(C)N(C2CC(OC)C2(C)C)C1=O. The van der Waals surface area contributed by atoms with Crippen LogP contribution in [0.3, 0.4) is 0 Å². The van der Waals surface area contributed by atoms with Crippen LogP contribution in [0.25, 0.3) is 0 Å². The molecule has 1 aliphatic carbocycles. The van der Waals surface area contributed by atoms with Crippen molar-refractivity contribution >= 4 is 5.91 Å². The standard InChI is InChI=1S/C14H26N2O2/c1-6-7-10-13(17)16(9(2)15-10)11-8-12(18-5)14(11,3)4/h9-12,15H,6-8H2,1-5H3. The minimum absolute atomic E-state index is 0.0161. The Morgan fingerprint density at radius 3 is 2.67 bits per heavy atom. The maximum absolute atomic E-state index is 12.4. The zero-order valence-corrected chi connectivity index (χ0v) is 12.2. The second-order valence-electron chi connectivity index (χ2n) is 6.23. The van der Waals surface area contributed by atoms with Crippen LogP contribution in [0.1, 0.15) is 47.0 Å². The number of nitrogens with one attached hydrogen (secondary N) is 1. The molecule has 4 heteroatoms. The lowest BCUT2D eigenvalue weighted by Crippen LogP contribution is -2.64. The van der Waals surface area contributed by atoms with Crippen molar-refractivity contribution in [1.82, 2.24) is 10.2 Å². The van der Waals surface area contributed by atoms with E-state index in [2.05, 4.69) is 37.9 Å². The molecule has 1 heterocycles. The number of amides is 1. The number of methoxy groups -OCH3 is 1. The highest BCUT2D eigenvalue weighted by Crippen LogP contribution is 2.47. The van der Waals surface area contributed by atoms with Gasteiger partial charge < -0.3 is 9.64 Å². The summed E-state index contributed by atoms with van der Waals surface area (Å²) in [6.45, 7) is 8.60. The first-order chi connectivity index (χ1) is 8.43. The lowest BCUT2D eigenvalue weighted by molar-refractivity contribution is -0.161. The molecule has 104 valence electrons. The molecule has 4 atom stereocenters. The summed E-state index contributed by atoms with van der Waals surface area (Å²) in [5, 5.41) is 3.41. The molecule has 2 fully saturated rings. The van der Waals surface area contributed by atoms with Gasteiger partial charge in [-0.05, 0) is 19.8 Å². The molecule has 1 N–H and O–H groups in total. The Morgan fingerprint density at radius 2 is 2.17 bits per heavy atom. The minimum atomic E-state index is 0.0161. The molecular formula is C14H26N2O2. The first-order valence-corrected chi connectivity index (χ1v) is 7.04. The summed E-state index contributed by atoms with van der Waals surface area (Å²) in [4.78, 5) is 14.5. The highest BCUT2D eigenvalue weighted by atomic mass is 16.5. The van der Waals surface area contributed by atoms with Gasteiger partial charge in [0.2, 0.25) is 5.91 Å². The summed E-state index contributed by atoms with van der Waals surface area (Å²) in [5.74, 6) is 0.275.